The van der Waals surface area contributed by atoms with Crippen molar-refractivity contribution in [2.75, 3.05) is 0 Å². The van der Waals surface area contributed by atoms with E-state index < -0.39 is 0 Å². The summed E-state index contributed by atoms with van der Waals surface area (Å²) in [6.07, 6.45) is 5.07. The highest BCUT2D eigenvalue weighted by atomic mass is 35.5. The van der Waals surface area contributed by atoms with Gasteiger partial charge in [0.2, 0.25) is 5.43 Å². The van der Waals surface area contributed by atoms with Gasteiger partial charge in [-0.2, -0.15) is 0 Å². The first-order valence-electron chi connectivity index (χ1n) is 6.37. The molecule has 0 radical (unpaired) electrons. The Hall–Kier alpha value is -1.87. The number of fused-ring (bicyclic) bond motifs is 2. The molecule has 19 heavy (non-hydrogen) atoms. The topological polar surface area (TPSA) is 34.4 Å². The van der Waals surface area contributed by atoms with Gasteiger partial charge in [-0.25, -0.2) is 4.98 Å². The molecule has 0 N–H and O–H groups in total. The van der Waals surface area contributed by atoms with Crippen molar-refractivity contribution in [3.05, 3.63) is 57.0 Å². The Labute approximate surface area is 114 Å². The molecule has 1 aromatic rings. The van der Waals surface area contributed by atoms with E-state index in [0.29, 0.717) is 10.8 Å². The highest BCUT2D eigenvalue weighted by Crippen LogP contribution is 2.32. The summed E-state index contributed by atoms with van der Waals surface area (Å²) in [5.41, 5.74) is 4.65. The number of halogens is 1. The minimum Gasteiger partial charge on any atom is -0.314 e. The van der Waals surface area contributed by atoms with E-state index in [9.17, 15) is 4.79 Å². The molecule has 0 saturated heterocycles. The van der Waals surface area contributed by atoms with Crippen LogP contribution in [-0.4, -0.2) is 9.38 Å². The van der Waals surface area contributed by atoms with E-state index in [1.54, 1.807) is 6.07 Å². The lowest BCUT2D eigenvalue weighted by molar-refractivity contribution is 0.804. The Morgan fingerprint density at radius 2 is 2.11 bits per heavy atom. The van der Waals surface area contributed by atoms with Gasteiger partial charge in [-0.15, -0.1) is 0 Å². The summed E-state index contributed by atoms with van der Waals surface area (Å²) in [7, 11) is 0. The van der Waals surface area contributed by atoms with E-state index in [1.807, 2.05) is 12.3 Å². The van der Waals surface area contributed by atoms with Crippen molar-refractivity contribution in [2.45, 2.75) is 19.3 Å². The number of para-hydroxylation sites is 1. The molecule has 0 saturated carbocycles. The van der Waals surface area contributed by atoms with Crippen molar-refractivity contribution in [3.8, 4) is 11.4 Å². The van der Waals surface area contributed by atoms with E-state index >= 15 is 0 Å². The molecule has 4 heteroatoms. The van der Waals surface area contributed by atoms with Crippen LogP contribution >= 0.6 is 11.6 Å². The third kappa shape index (κ3) is 1.45. The zero-order valence-electron chi connectivity index (χ0n) is 10.2. The molecule has 3 nitrogen and oxygen atoms in total. The van der Waals surface area contributed by atoms with Gasteiger partial charge in [-0.3, -0.25) is 4.79 Å². The van der Waals surface area contributed by atoms with Crippen LogP contribution in [0.5, 0.6) is 0 Å². The Balaban J connectivity index is 2.32. The van der Waals surface area contributed by atoms with Gasteiger partial charge in [-0.05, 0) is 43.0 Å². The van der Waals surface area contributed by atoms with Gasteiger partial charge in [0.1, 0.15) is 10.8 Å². The minimum atomic E-state index is -0.0858. The lowest BCUT2D eigenvalue weighted by Gasteiger charge is -2.11. The Morgan fingerprint density at radius 3 is 3.00 bits per heavy atom. The van der Waals surface area contributed by atoms with Crippen LogP contribution in [0.1, 0.15) is 17.5 Å². The third-order valence-electron chi connectivity index (χ3n) is 3.82. The summed E-state index contributed by atoms with van der Waals surface area (Å²) in [4.78, 5) is 16.4. The Bertz CT molecular complexity index is 838. The van der Waals surface area contributed by atoms with Gasteiger partial charge in [0.25, 0.3) is 0 Å². The fourth-order valence-electron chi connectivity index (χ4n) is 2.97. The average molecular weight is 271 g/mol. The summed E-state index contributed by atoms with van der Waals surface area (Å²) >= 11 is 6.34. The second-order valence-corrected chi connectivity index (χ2v) is 5.28. The van der Waals surface area contributed by atoms with Crippen molar-refractivity contribution in [2.24, 2.45) is 0 Å². The maximum atomic E-state index is 12.0. The molecule has 0 spiro atoms. The van der Waals surface area contributed by atoms with Gasteiger partial charge in [0, 0.05) is 11.8 Å². The molecule has 2 aliphatic carbocycles. The average Bonchev–Trinajstić information content (AvgIpc) is 2.79. The fraction of sp³-hybridized carbons (Fsp3) is 0.200. The third-order valence-corrected chi connectivity index (χ3v) is 4.14. The smallest absolute Gasteiger partial charge is 0.206 e. The number of nitrogens with zero attached hydrogens (tertiary/aromatic N) is 2. The molecule has 0 atom stereocenters. The highest BCUT2D eigenvalue weighted by Gasteiger charge is 2.20. The number of hydrogen-bond acceptors (Lipinski definition) is 2. The number of rotatable bonds is 0. The normalized spacial score (nSPS) is 14.2. The van der Waals surface area contributed by atoms with Crippen LogP contribution in [0, 0.1) is 0 Å². The lowest BCUT2D eigenvalue weighted by Crippen LogP contribution is -2.06. The van der Waals surface area contributed by atoms with E-state index in [2.05, 4.69) is 15.5 Å². The molecule has 3 aliphatic rings. The van der Waals surface area contributed by atoms with Gasteiger partial charge in [-0.1, -0.05) is 17.7 Å². The van der Waals surface area contributed by atoms with Crippen molar-refractivity contribution in [1.82, 2.24) is 9.38 Å². The number of aryl methyl sites for hydroxylation is 2. The first kappa shape index (κ1) is 11.0. The summed E-state index contributed by atoms with van der Waals surface area (Å²) < 4.78 is 2.05. The van der Waals surface area contributed by atoms with Crippen LogP contribution in [-0.2, 0) is 12.8 Å². The molecule has 0 amide bonds. The summed E-state index contributed by atoms with van der Waals surface area (Å²) in [5, 5.41) is 0.461. The summed E-state index contributed by atoms with van der Waals surface area (Å²) in [6, 6.07) is 7.33. The summed E-state index contributed by atoms with van der Waals surface area (Å²) in [6.45, 7) is 0. The van der Waals surface area contributed by atoms with Gasteiger partial charge in [0.15, 0.2) is 0 Å². The maximum Gasteiger partial charge on any atom is 0.206 e. The molecule has 1 aromatic heterocycles. The molecule has 4 rings (SSSR count). The molecular weight excluding hydrogens is 260 g/mol. The first-order valence-corrected chi connectivity index (χ1v) is 6.75. The molecule has 2 heterocycles. The van der Waals surface area contributed by atoms with Crippen molar-refractivity contribution >= 4 is 17.1 Å². The van der Waals surface area contributed by atoms with Crippen molar-refractivity contribution in [1.29, 1.82) is 0 Å². The van der Waals surface area contributed by atoms with Crippen molar-refractivity contribution < 1.29 is 0 Å². The summed E-state index contributed by atoms with van der Waals surface area (Å²) in [5.74, 6) is 0. The molecule has 0 fully saturated rings. The Morgan fingerprint density at radius 1 is 1.21 bits per heavy atom. The zero-order chi connectivity index (χ0) is 13.0. The molecule has 0 aromatic carbocycles. The largest absolute Gasteiger partial charge is 0.314 e. The van der Waals surface area contributed by atoms with Crippen LogP contribution < -0.4 is 5.43 Å². The monoisotopic (exact) mass is 270 g/mol. The zero-order valence-corrected chi connectivity index (χ0v) is 10.9. The maximum absolute atomic E-state index is 12.0. The van der Waals surface area contributed by atoms with Gasteiger partial charge in [0.05, 0.1) is 11.2 Å². The predicted octanol–water partition coefficient (Wildman–Crippen LogP) is 2.94. The number of aromatic nitrogens is 2. The molecule has 1 aliphatic heterocycles. The van der Waals surface area contributed by atoms with Crippen molar-refractivity contribution in [3.63, 3.8) is 0 Å². The standard InChI is InChI=1S/C15H11ClN2O/c16-15-10-4-1-3-9-7-8-18(14(9)10)11-5-2-6-12(19)13(11)17-15/h2,5-8H,1,3-4H2. The van der Waals surface area contributed by atoms with E-state index in [-0.39, 0.29) is 5.43 Å². The lowest BCUT2D eigenvalue weighted by atomic mass is 9.98. The highest BCUT2D eigenvalue weighted by molar-refractivity contribution is 6.30. The van der Waals surface area contributed by atoms with Gasteiger partial charge >= 0.3 is 0 Å². The second-order valence-electron chi connectivity index (χ2n) is 4.92. The SMILES string of the molecule is O=c1cccc2n3ccc4c3c(c(Cl)nc1-2)CCC4. The molecular formula is C15H11ClN2O. The quantitative estimate of drug-likeness (QED) is 0.629. The van der Waals surface area contributed by atoms with Gasteiger partial charge < -0.3 is 4.40 Å². The van der Waals surface area contributed by atoms with E-state index in [0.717, 1.165) is 36.0 Å². The molecule has 94 valence electrons. The van der Waals surface area contributed by atoms with Crippen LogP contribution in [0.15, 0.2) is 35.3 Å². The molecule has 0 unspecified atom stereocenters. The molecule has 0 bridgehead atoms. The number of benzene rings is 1. The second kappa shape index (κ2) is 3.81. The predicted molar refractivity (Wildman–Crippen MR) is 75.1 cm³/mol. The van der Waals surface area contributed by atoms with E-state index in [4.69, 9.17) is 11.6 Å². The van der Waals surface area contributed by atoms with Crippen LogP contribution in [0.4, 0.5) is 0 Å². The van der Waals surface area contributed by atoms with E-state index in [1.165, 1.54) is 11.6 Å². The van der Waals surface area contributed by atoms with Crippen LogP contribution in [0.3, 0.4) is 0 Å². The minimum absolute atomic E-state index is 0.0858. The number of hydrogen-bond donors (Lipinski definition) is 0. The Kier molecular flexibility index (Phi) is 2.21. The van der Waals surface area contributed by atoms with Crippen LogP contribution in [0.2, 0.25) is 5.15 Å². The first-order chi connectivity index (χ1) is 9.25. The fourth-order valence-corrected chi connectivity index (χ4v) is 3.24. The van der Waals surface area contributed by atoms with Crippen LogP contribution in [0.25, 0.3) is 16.9 Å².